The second kappa shape index (κ2) is 7.70. The topological polar surface area (TPSA) is 54.3 Å². The summed E-state index contributed by atoms with van der Waals surface area (Å²) >= 11 is 18.6. The number of carbonyl (C=O) groups is 1. The van der Waals surface area contributed by atoms with Crippen molar-refractivity contribution in [3.05, 3.63) is 34.2 Å². The number of hydrogen-bond acceptors (Lipinski definition) is 3. The number of pyridine rings is 1. The first-order chi connectivity index (χ1) is 12.1. The number of nitrogens with zero attached hydrogens (tertiary/aromatic N) is 2. The Kier molecular flexibility index (Phi) is 5.92. The second-order valence-corrected chi connectivity index (χ2v) is 10.1. The van der Waals surface area contributed by atoms with Crippen molar-refractivity contribution in [1.29, 1.82) is 0 Å². The van der Waals surface area contributed by atoms with E-state index in [1.165, 1.54) is 0 Å². The molecule has 0 radical (unpaired) electrons. The van der Waals surface area contributed by atoms with Crippen molar-refractivity contribution in [2.45, 2.75) is 49.1 Å². The number of carbonyl (C=O) groups excluding carboxylic acids is 1. The van der Waals surface area contributed by atoms with E-state index in [1.54, 1.807) is 12.1 Å². The minimum atomic E-state index is -1.63. The van der Waals surface area contributed by atoms with Crippen LogP contribution in [0.5, 0.6) is 0 Å². The van der Waals surface area contributed by atoms with Gasteiger partial charge in [0, 0.05) is 43.7 Å². The Morgan fingerprint density at radius 3 is 2.65 bits per heavy atom. The maximum Gasteiger partial charge on any atom is 0.250 e. The molecule has 2 aliphatic rings. The lowest BCUT2D eigenvalue weighted by atomic mass is 9.83. The third-order valence-electron chi connectivity index (χ3n) is 5.07. The number of likely N-dealkylation sites (tertiary alicyclic amines) is 1. The van der Waals surface area contributed by atoms with E-state index in [0.29, 0.717) is 32.0 Å². The number of hydrogen-bond donors (Lipinski definition) is 1. The van der Waals surface area contributed by atoms with Crippen LogP contribution in [-0.4, -0.2) is 38.4 Å². The number of alkyl halides is 3. The van der Waals surface area contributed by atoms with Gasteiger partial charge in [-0.15, -0.1) is 0 Å². The fourth-order valence-electron chi connectivity index (χ4n) is 4.11. The standard InChI is InChI=1S/C18H24Cl3N3O2/c1-11(2)6-15(25)22-17(18(19,20)21)23-8-12-7-13(10-23)14-4-3-5-16(26)24(14)9-12/h3-5,11-13,17H,6-10H2,1-2H3,(H,22,25)/t12-,13-,17+/m0/s1. The summed E-state index contributed by atoms with van der Waals surface area (Å²) in [7, 11) is 0. The quantitative estimate of drug-likeness (QED) is 0.761. The molecule has 0 spiro atoms. The van der Waals surface area contributed by atoms with Gasteiger partial charge in [0.05, 0.1) is 0 Å². The van der Waals surface area contributed by atoms with E-state index in [-0.39, 0.29) is 23.3 Å². The van der Waals surface area contributed by atoms with Gasteiger partial charge in [-0.05, 0) is 24.3 Å². The first-order valence-electron chi connectivity index (χ1n) is 8.95. The molecule has 1 aromatic heterocycles. The van der Waals surface area contributed by atoms with Crippen LogP contribution in [0.25, 0.3) is 0 Å². The Morgan fingerprint density at radius 1 is 1.27 bits per heavy atom. The summed E-state index contributed by atoms with van der Waals surface area (Å²) in [6.45, 7) is 5.93. The van der Waals surface area contributed by atoms with Crippen molar-refractivity contribution < 1.29 is 4.79 Å². The summed E-state index contributed by atoms with van der Waals surface area (Å²) in [6.07, 6.45) is 0.703. The molecule has 1 aromatic rings. The molecule has 1 N–H and O–H groups in total. The zero-order valence-corrected chi connectivity index (χ0v) is 17.2. The monoisotopic (exact) mass is 419 g/mol. The van der Waals surface area contributed by atoms with E-state index in [0.717, 1.165) is 12.1 Å². The first-order valence-corrected chi connectivity index (χ1v) is 10.1. The number of halogens is 3. The fraction of sp³-hybridized carbons (Fsp3) is 0.667. The van der Waals surface area contributed by atoms with E-state index >= 15 is 0 Å². The lowest BCUT2D eigenvalue weighted by Gasteiger charge is -2.47. The van der Waals surface area contributed by atoms with Crippen molar-refractivity contribution >= 4 is 40.7 Å². The van der Waals surface area contributed by atoms with E-state index < -0.39 is 9.96 Å². The molecule has 8 heteroatoms. The summed E-state index contributed by atoms with van der Waals surface area (Å²) in [6, 6.07) is 5.39. The Hall–Kier alpha value is -0.750. The van der Waals surface area contributed by atoms with E-state index in [2.05, 4.69) is 5.32 Å². The minimum absolute atomic E-state index is 0.0359. The number of piperidine rings is 1. The van der Waals surface area contributed by atoms with Crippen molar-refractivity contribution in [2.75, 3.05) is 13.1 Å². The Bertz CT molecular complexity index is 729. The van der Waals surface area contributed by atoms with Crippen LogP contribution in [-0.2, 0) is 11.3 Å². The number of amides is 1. The van der Waals surface area contributed by atoms with Crippen LogP contribution in [0, 0.1) is 11.8 Å². The van der Waals surface area contributed by atoms with Gasteiger partial charge in [-0.25, -0.2) is 0 Å². The lowest BCUT2D eigenvalue weighted by Crippen LogP contribution is -2.60. The van der Waals surface area contributed by atoms with Crippen LogP contribution in [0.4, 0.5) is 0 Å². The van der Waals surface area contributed by atoms with Gasteiger partial charge in [0.25, 0.3) is 5.56 Å². The molecule has 0 unspecified atom stereocenters. The summed E-state index contributed by atoms with van der Waals surface area (Å²) in [5.74, 6) is 0.584. The van der Waals surface area contributed by atoms with Crippen molar-refractivity contribution in [2.24, 2.45) is 11.8 Å². The van der Waals surface area contributed by atoms with Gasteiger partial charge >= 0.3 is 0 Å². The molecule has 0 aromatic carbocycles. The number of nitrogens with one attached hydrogen (secondary N) is 1. The molecular formula is C18H24Cl3N3O2. The molecule has 1 saturated heterocycles. The largest absolute Gasteiger partial charge is 0.337 e. The molecule has 0 aliphatic carbocycles. The Labute approximate surface area is 168 Å². The van der Waals surface area contributed by atoms with Gasteiger partial charge in [0.2, 0.25) is 9.70 Å². The predicted octanol–water partition coefficient (Wildman–Crippen LogP) is 3.13. The van der Waals surface area contributed by atoms with Crippen LogP contribution in [0.1, 0.15) is 38.3 Å². The number of rotatable bonds is 4. The van der Waals surface area contributed by atoms with Gasteiger partial charge < -0.3 is 9.88 Å². The highest BCUT2D eigenvalue weighted by Crippen LogP contribution is 2.39. The smallest absolute Gasteiger partial charge is 0.250 e. The summed E-state index contributed by atoms with van der Waals surface area (Å²) in [5.41, 5.74) is 1.06. The molecule has 5 nitrogen and oxygen atoms in total. The van der Waals surface area contributed by atoms with E-state index in [4.69, 9.17) is 34.8 Å². The van der Waals surface area contributed by atoms with E-state index in [9.17, 15) is 9.59 Å². The number of fused-ring (bicyclic) bond motifs is 4. The van der Waals surface area contributed by atoms with Gasteiger partial charge in [-0.1, -0.05) is 54.7 Å². The third kappa shape index (κ3) is 4.38. The third-order valence-corrected chi connectivity index (χ3v) is 5.69. The SMILES string of the molecule is CC(C)CC(=O)N[C@H](N1C[C@@H]2C[C@@H](C1)c1cccc(=O)n1C2)C(Cl)(Cl)Cl. The van der Waals surface area contributed by atoms with Gasteiger partial charge in [0.15, 0.2) is 0 Å². The molecule has 26 heavy (non-hydrogen) atoms. The van der Waals surface area contributed by atoms with Crippen LogP contribution < -0.4 is 10.9 Å². The fourth-order valence-corrected chi connectivity index (χ4v) is 4.68. The highest BCUT2D eigenvalue weighted by molar-refractivity contribution is 6.68. The average molecular weight is 421 g/mol. The summed E-state index contributed by atoms with van der Waals surface area (Å²) in [4.78, 5) is 26.5. The predicted molar refractivity (Wildman–Crippen MR) is 105 cm³/mol. The molecule has 3 heterocycles. The van der Waals surface area contributed by atoms with Crippen LogP contribution in [0.2, 0.25) is 0 Å². The van der Waals surface area contributed by atoms with Crippen LogP contribution >= 0.6 is 34.8 Å². The van der Waals surface area contributed by atoms with E-state index in [1.807, 2.05) is 29.4 Å². The average Bonchev–Trinajstić information content (AvgIpc) is 2.52. The Morgan fingerprint density at radius 2 is 2.00 bits per heavy atom. The normalized spacial score (nSPS) is 24.2. The first kappa shape index (κ1) is 20.0. The highest BCUT2D eigenvalue weighted by Gasteiger charge is 2.44. The summed E-state index contributed by atoms with van der Waals surface area (Å²) < 4.78 is 0.229. The number of aromatic nitrogens is 1. The molecule has 144 valence electrons. The van der Waals surface area contributed by atoms with Crippen LogP contribution in [0.3, 0.4) is 0 Å². The lowest BCUT2D eigenvalue weighted by molar-refractivity contribution is -0.124. The zero-order chi connectivity index (χ0) is 19.1. The molecule has 1 amide bonds. The maximum absolute atomic E-state index is 12.3. The zero-order valence-electron chi connectivity index (χ0n) is 14.9. The van der Waals surface area contributed by atoms with Gasteiger partial charge in [-0.3, -0.25) is 14.5 Å². The van der Waals surface area contributed by atoms with Gasteiger partial charge in [-0.2, -0.15) is 0 Å². The van der Waals surface area contributed by atoms with Crippen molar-refractivity contribution in [1.82, 2.24) is 14.8 Å². The van der Waals surface area contributed by atoms with Crippen LogP contribution in [0.15, 0.2) is 23.0 Å². The minimum Gasteiger partial charge on any atom is -0.337 e. The maximum atomic E-state index is 12.3. The summed E-state index contributed by atoms with van der Waals surface area (Å²) in [5, 5.41) is 2.91. The van der Waals surface area contributed by atoms with Crippen molar-refractivity contribution in [3.8, 4) is 0 Å². The molecule has 2 bridgehead atoms. The molecule has 3 rings (SSSR count). The second-order valence-electron chi connectivity index (χ2n) is 7.76. The molecular weight excluding hydrogens is 397 g/mol. The molecule has 0 saturated carbocycles. The molecule has 1 fully saturated rings. The molecule has 2 aliphatic heterocycles. The Balaban J connectivity index is 1.82. The highest BCUT2D eigenvalue weighted by atomic mass is 35.6. The molecule has 3 atom stereocenters. The van der Waals surface area contributed by atoms with Gasteiger partial charge in [0.1, 0.15) is 6.17 Å². The van der Waals surface area contributed by atoms with Crippen molar-refractivity contribution in [3.63, 3.8) is 0 Å².